The number of carboxylic acid groups (broad SMARTS) is 1. The molecule has 0 aromatic heterocycles. The fourth-order valence-corrected chi connectivity index (χ4v) is 5.41. The average molecular weight is 401 g/mol. The lowest BCUT2D eigenvalue weighted by Gasteiger charge is -2.08. The molecule has 0 bridgehead atoms. The van der Waals surface area contributed by atoms with Gasteiger partial charge in [-0.1, -0.05) is 0 Å². The van der Waals surface area contributed by atoms with Gasteiger partial charge < -0.3 is 9.29 Å². The van der Waals surface area contributed by atoms with Crippen molar-refractivity contribution >= 4 is 36.1 Å². The van der Waals surface area contributed by atoms with Gasteiger partial charge in [-0.05, 0) is 30.7 Å². The van der Waals surface area contributed by atoms with Crippen molar-refractivity contribution < 1.29 is 39.3 Å². The number of benzene rings is 1. The predicted octanol–water partition coefficient (Wildman–Crippen LogP) is -0.637. The van der Waals surface area contributed by atoms with Crippen molar-refractivity contribution in [1.29, 1.82) is 0 Å². The third kappa shape index (κ3) is 7.72. The molecule has 0 unspecified atom stereocenters. The molecule has 0 saturated heterocycles. The summed E-state index contributed by atoms with van der Waals surface area (Å²) < 4.78 is 74.1. The summed E-state index contributed by atoms with van der Waals surface area (Å²) in [5.41, 5.74) is -0.0577. The SMILES string of the molecule is CS(=O)(=O)NS(=O)(=O)CCCS(=O)(=O)Oc1ccc(C(=O)O)cc1. The third-order valence-corrected chi connectivity index (χ3v) is 6.70. The van der Waals surface area contributed by atoms with E-state index in [0.29, 0.717) is 6.26 Å². The number of hydrogen-bond donors (Lipinski definition) is 2. The first-order valence-electron chi connectivity index (χ1n) is 6.26. The Morgan fingerprint density at radius 3 is 2.04 bits per heavy atom. The van der Waals surface area contributed by atoms with Crippen LogP contribution >= 0.6 is 0 Å². The lowest BCUT2D eigenvalue weighted by molar-refractivity contribution is 0.0697. The van der Waals surface area contributed by atoms with Crippen molar-refractivity contribution in [3.05, 3.63) is 29.8 Å². The summed E-state index contributed by atoms with van der Waals surface area (Å²) in [6.07, 6.45) is 0.269. The number of aromatic carboxylic acids is 1. The van der Waals surface area contributed by atoms with Gasteiger partial charge in [-0.3, -0.25) is 0 Å². The summed E-state index contributed by atoms with van der Waals surface area (Å²) in [4.78, 5) is 10.7. The van der Waals surface area contributed by atoms with Gasteiger partial charge in [0.15, 0.2) is 0 Å². The Morgan fingerprint density at radius 2 is 1.58 bits per heavy atom. The van der Waals surface area contributed by atoms with Gasteiger partial charge in [0.2, 0.25) is 20.0 Å². The summed E-state index contributed by atoms with van der Waals surface area (Å²) in [6, 6.07) is 4.58. The molecule has 1 aromatic carbocycles. The summed E-state index contributed by atoms with van der Waals surface area (Å²) in [5, 5.41) is 8.72. The van der Waals surface area contributed by atoms with Gasteiger partial charge in [0.1, 0.15) is 5.75 Å². The van der Waals surface area contributed by atoms with E-state index in [4.69, 9.17) is 9.29 Å². The molecule has 24 heavy (non-hydrogen) atoms. The zero-order valence-corrected chi connectivity index (χ0v) is 14.8. The Hall–Kier alpha value is -1.70. The van der Waals surface area contributed by atoms with Crippen LogP contribution in [-0.4, -0.2) is 54.1 Å². The van der Waals surface area contributed by atoms with Crippen LogP contribution in [0.15, 0.2) is 24.3 Å². The fourth-order valence-electron chi connectivity index (χ4n) is 1.54. The molecular formula is C11H15NO9S3. The monoisotopic (exact) mass is 401 g/mol. The number of carbonyl (C=O) groups is 1. The number of hydrogen-bond acceptors (Lipinski definition) is 8. The highest BCUT2D eigenvalue weighted by Gasteiger charge is 2.19. The molecule has 136 valence electrons. The smallest absolute Gasteiger partial charge is 0.335 e. The molecule has 0 heterocycles. The molecular weight excluding hydrogens is 386 g/mol. The summed E-state index contributed by atoms with van der Waals surface area (Å²) in [5.74, 6) is -2.70. The van der Waals surface area contributed by atoms with E-state index >= 15 is 0 Å². The maximum Gasteiger partial charge on any atom is 0.335 e. The van der Waals surface area contributed by atoms with Crippen molar-refractivity contribution in [3.63, 3.8) is 0 Å². The Bertz CT molecular complexity index is 900. The largest absolute Gasteiger partial charge is 0.478 e. The third-order valence-electron chi connectivity index (χ3n) is 2.41. The summed E-state index contributed by atoms with van der Waals surface area (Å²) >= 11 is 0. The first-order chi connectivity index (χ1) is 10.8. The number of carboxylic acids is 1. The van der Waals surface area contributed by atoms with Gasteiger partial charge in [-0.15, -0.1) is 4.13 Å². The summed E-state index contributed by atoms with van der Waals surface area (Å²) in [7, 11) is -12.3. The standard InChI is InChI=1S/C11H15NO9S3/c1-22(15,16)12-23(17,18)7-2-8-24(19,20)21-10-5-3-9(4-6-10)11(13)14/h3-6,12H,2,7-8H2,1H3,(H,13,14). The lowest BCUT2D eigenvalue weighted by atomic mass is 10.2. The molecule has 0 aliphatic carbocycles. The van der Waals surface area contributed by atoms with Crippen LogP contribution < -0.4 is 8.31 Å². The van der Waals surface area contributed by atoms with E-state index in [0.717, 1.165) is 24.3 Å². The average Bonchev–Trinajstić information content (AvgIpc) is 2.35. The van der Waals surface area contributed by atoms with Crippen LogP contribution in [0.4, 0.5) is 0 Å². The highest BCUT2D eigenvalue weighted by Crippen LogP contribution is 2.15. The maximum absolute atomic E-state index is 11.7. The van der Waals surface area contributed by atoms with E-state index in [1.807, 2.05) is 0 Å². The molecule has 1 rings (SSSR count). The first-order valence-corrected chi connectivity index (χ1v) is 11.4. The number of nitrogens with one attached hydrogen (secondary N) is 1. The van der Waals surface area contributed by atoms with Gasteiger partial charge in [0.25, 0.3) is 0 Å². The van der Waals surface area contributed by atoms with E-state index < -0.39 is 47.6 Å². The Kier molecular flexibility index (Phi) is 6.32. The van der Waals surface area contributed by atoms with Crippen molar-refractivity contribution in [2.75, 3.05) is 17.8 Å². The first kappa shape index (κ1) is 20.3. The fraction of sp³-hybridized carbons (Fsp3) is 0.364. The molecule has 10 nitrogen and oxygen atoms in total. The minimum absolute atomic E-state index is 0.0577. The molecule has 0 aliphatic heterocycles. The van der Waals surface area contributed by atoms with Crippen molar-refractivity contribution in [1.82, 2.24) is 4.13 Å². The topological polar surface area (TPSA) is 161 Å². The molecule has 0 radical (unpaired) electrons. The lowest BCUT2D eigenvalue weighted by Crippen LogP contribution is -2.32. The highest BCUT2D eigenvalue weighted by molar-refractivity contribution is 8.04. The van der Waals surface area contributed by atoms with E-state index in [1.54, 1.807) is 0 Å². The van der Waals surface area contributed by atoms with Crippen LogP contribution in [0.5, 0.6) is 5.75 Å². The van der Waals surface area contributed by atoms with Crippen LogP contribution in [0.3, 0.4) is 0 Å². The maximum atomic E-state index is 11.7. The Morgan fingerprint density at radius 1 is 1.04 bits per heavy atom. The summed E-state index contributed by atoms with van der Waals surface area (Å²) in [6.45, 7) is 0. The Balaban J connectivity index is 2.63. The second-order valence-electron chi connectivity index (χ2n) is 4.70. The number of rotatable bonds is 9. The quantitative estimate of drug-likeness (QED) is 0.513. The van der Waals surface area contributed by atoms with Crippen molar-refractivity contribution in [2.24, 2.45) is 0 Å². The van der Waals surface area contributed by atoms with Gasteiger partial charge in [-0.25, -0.2) is 21.6 Å². The zero-order valence-electron chi connectivity index (χ0n) is 12.4. The van der Waals surface area contributed by atoms with Crippen LogP contribution in [0.25, 0.3) is 0 Å². The van der Waals surface area contributed by atoms with Gasteiger partial charge in [0, 0.05) is 0 Å². The van der Waals surface area contributed by atoms with Crippen LogP contribution in [-0.2, 0) is 30.2 Å². The highest BCUT2D eigenvalue weighted by atomic mass is 32.3. The second kappa shape index (κ2) is 7.46. The predicted molar refractivity (Wildman–Crippen MR) is 84.2 cm³/mol. The molecule has 0 saturated carbocycles. The van der Waals surface area contributed by atoms with Crippen molar-refractivity contribution in [3.8, 4) is 5.75 Å². The van der Waals surface area contributed by atoms with E-state index in [1.165, 1.54) is 4.13 Å². The van der Waals surface area contributed by atoms with Crippen molar-refractivity contribution in [2.45, 2.75) is 6.42 Å². The Labute approximate surface area is 139 Å². The normalized spacial score (nSPS) is 12.7. The molecule has 0 amide bonds. The number of sulfonamides is 2. The molecule has 13 heteroatoms. The van der Waals surface area contributed by atoms with E-state index in [2.05, 4.69) is 0 Å². The van der Waals surface area contributed by atoms with Gasteiger partial charge >= 0.3 is 16.1 Å². The molecule has 0 aliphatic rings. The minimum Gasteiger partial charge on any atom is -0.478 e. The second-order valence-corrected chi connectivity index (χ2v) is 10.2. The minimum atomic E-state index is -4.17. The van der Waals surface area contributed by atoms with Gasteiger partial charge in [0.05, 0.1) is 23.3 Å². The van der Waals surface area contributed by atoms with Crippen LogP contribution in [0, 0.1) is 0 Å². The molecule has 0 fully saturated rings. The zero-order chi connectivity index (χ0) is 18.6. The van der Waals surface area contributed by atoms with Crippen LogP contribution in [0.2, 0.25) is 0 Å². The molecule has 1 aromatic rings. The van der Waals surface area contributed by atoms with E-state index in [-0.39, 0.29) is 17.7 Å². The van der Waals surface area contributed by atoms with E-state index in [9.17, 15) is 30.0 Å². The van der Waals surface area contributed by atoms with Crippen LogP contribution in [0.1, 0.15) is 16.8 Å². The molecule has 0 spiro atoms. The molecule has 0 atom stereocenters. The molecule has 2 N–H and O–H groups in total. The van der Waals surface area contributed by atoms with Gasteiger partial charge in [-0.2, -0.15) is 8.42 Å².